The van der Waals surface area contributed by atoms with E-state index in [0.29, 0.717) is 11.2 Å². The van der Waals surface area contributed by atoms with Crippen LogP contribution in [-0.2, 0) is 0 Å². The van der Waals surface area contributed by atoms with Gasteiger partial charge in [-0.3, -0.25) is 0 Å². The fourth-order valence-corrected chi connectivity index (χ4v) is 1.99. The zero-order valence-corrected chi connectivity index (χ0v) is 10.1. The van der Waals surface area contributed by atoms with E-state index in [4.69, 9.17) is 10.8 Å². The minimum absolute atomic E-state index is 0.113. The third kappa shape index (κ3) is 1.85. The smallest absolute Gasteiger partial charge is 0.338 e. The van der Waals surface area contributed by atoms with Gasteiger partial charge in [0.2, 0.25) is 5.95 Å². The van der Waals surface area contributed by atoms with Crippen molar-refractivity contribution in [1.82, 2.24) is 14.6 Å². The Hall–Kier alpha value is -2.96. The number of anilines is 1. The molecule has 1 aromatic carbocycles. The van der Waals surface area contributed by atoms with Crippen LogP contribution < -0.4 is 5.73 Å². The summed E-state index contributed by atoms with van der Waals surface area (Å²) in [5, 5.41) is 12.8. The molecule has 6 nitrogen and oxygen atoms in total. The summed E-state index contributed by atoms with van der Waals surface area (Å²) in [4.78, 5) is 14.9. The molecule has 0 atom stereocenters. The van der Waals surface area contributed by atoms with Gasteiger partial charge in [-0.15, -0.1) is 5.10 Å². The predicted molar refractivity (Wildman–Crippen MR) is 69.8 cm³/mol. The maximum absolute atomic E-state index is 14.2. The zero-order valence-electron chi connectivity index (χ0n) is 10.1. The number of hydrogen-bond acceptors (Lipinski definition) is 4. The summed E-state index contributed by atoms with van der Waals surface area (Å²) in [7, 11) is 0. The van der Waals surface area contributed by atoms with Crippen LogP contribution in [0.4, 0.5) is 10.3 Å². The first-order valence-corrected chi connectivity index (χ1v) is 5.70. The van der Waals surface area contributed by atoms with Crippen LogP contribution in [0.3, 0.4) is 0 Å². The van der Waals surface area contributed by atoms with Gasteiger partial charge in [-0.2, -0.15) is 4.98 Å². The van der Waals surface area contributed by atoms with Crippen LogP contribution in [0.25, 0.3) is 16.8 Å². The van der Waals surface area contributed by atoms with Crippen molar-refractivity contribution >= 4 is 17.6 Å². The molecule has 7 heteroatoms. The third-order valence-electron chi connectivity index (χ3n) is 2.89. The van der Waals surface area contributed by atoms with Crippen molar-refractivity contribution in [2.45, 2.75) is 0 Å². The summed E-state index contributed by atoms with van der Waals surface area (Å²) in [5.41, 5.74) is 6.26. The van der Waals surface area contributed by atoms with Gasteiger partial charge in [0, 0.05) is 11.8 Å². The van der Waals surface area contributed by atoms with Crippen molar-refractivity contribution in [3.63, 3.8) is 0 Å². The minimum Gasteiger partial charge on any atom is -0.478 e. The van der Waals surface area contributed by atoms with Gasteiger partial charge in [-0.25, -0.2) is 13.7 Å². The average Bonchev–Trinajstić information content (AvgIpc) is 2.77. The third-order valence-corrected chi connectivity index (χ3v) is 2.89. The normalized spacial score (nSPS) is 10.8. The van der Waals surface area contributed by atoms with Gasteiger partial charge in [0.15, 0.2) is 5.65 Å². The molecule has 2 heterocycles. The number of nitrogens with two attached hydrogens (primary N) is 1. The molecule has 100 valence electrons. The molecule has 3 N–H and O–H groups in total. The molecule has 0 spiro atoms. The van der Waals surface area contributed by atoms with Crippen molar-refractivity contribution in [1.29, 1.82) is 0 Å². The summed E-state index contributed by atoms with van der Waals surface area (Å²) < 4.78 is 15.6. The lowest BCUT2D eigenvalue weighted by molar-refractivity contribution is 0.0692. The maximum atomic E-state index is 14.2. The fraction of sp³-hybridized carbons (Fsp3) is 0. The van der Waals surface area contributed by atoms with Crippen LogP contribution in [-0.4, -0.2) is 25.7 Å². The van der Waals surface area contributed by atoms with Crippen molar-refractivity contribution < 1.29 is 14.3 Å². The Morgan fingerprint density at radius 1 is 1.35 bits per heavy atom. The van der Waals surface area contributed by atoms with Crippen LogP contribution in [0.1, 0.15) is 10.4 Å². The molecule has 0 radical (unpaired) electrons. The molecule has 0 aliphatic carbocycles. The lowest BCUT2D eigenvalue weighted by atomic mass is 10.0. The number of aromatic carboxylic acids is 1. The van der Waals surface area contributed by atoms with E-state index in [0.717, 1.165) is 0 Å². The molecule has 3 rings (SSSR count). The number of carboxylic acids is 1. The highest BCUT2D eigenvalue weighted by Gasteiger charge is 2.15. The summed E-state index contributed by atoms with van der Waals surface area (Å²) in [6.07, 6.45) is 1.58. The first-order valence-electron chi connectivity index (χ1n) is 5.70. The van der Waals surface area contributed by atoms with Gasteiger partial charge in [0.25, 0.3) is 0 Å². The van der Waals surface area contributed by atoms with E-state index in [9.17, 15) is 9.18 Å². The molecular weight excluding hydrogens is 263 g/mol. The largest absolute Gasteiger partial charge is 0.478 e. The lowest BCUT2D eigenvalue weighted by Gasteiger charge is -2.06. The molecule has 0 saturated heterocycles. The first kappa shape index (κ1) is 12.1. The van der Waals surface area contributed by atoms with E-state index in [2.05, 4.69) is 10.1 Å². The van der Waals surface area contributed by atoms with Crippen molar-refractivity contribution in [2.75, 3.05) is 5.73 Å². The zero-order chi connectivity index (χ0) is 14.3. The number of halogens is 1. The Kier molecular flexibility index (Phi) is 2.60. The molecular formula is C13H9FN4O2. The SMILES string of the molecule is Nc1nc2cc(-c3cccc(C(=O)O)c3F)ccn2n1. The second-order valence-corrected chi connectivity index (χ2v) is 4.16. The molecule has 0 aliphatic heterocycles. The summed E-state index contributed by atoms with van der Waals surface area (Å²) in [6, 6.07) is 7.42. The first-order chi connectivity index (χ1) is 9.56. The quantitative estimate of drug-likeness (QED) is 0.742. The van der Waals surface area contributed by atoms with Gasteiger partial charge < -0.3 is 10.8 Å². The highest BCUT2D eigenvalue weighted by Crippen LogP contribution is 2.25. The van der Waals surface area contributed by atoms with Gasteiger partial charge in [-0.1, -0.05) is 12.1 Å². The standard InChI is InChI=1S/C13H9FN4O2/c14-11-8(2-1-3-9(11)12(19)20)7-4-5-18-10(6-7)16-13(15)17-18/h1-6H,(H2,15,17)(H,19,20). The fourth-order valence-electron chi connectivity index (χ4n) is 1.99. The second kappa shape index (κ2) is 4.30. The average molecular weight is 272 g/mol. The van der Waals surface area contributed by atoms with Crippen LogP contribution in [0.15, 0.2) is 36.5 Å². The topological polar surface area (TPSA) is 93.5 Å². The van der Waals surface area contributed by atoms with Crippen molar-refractivity contribution in [3.05, 3.63) is 47.9 Å². The Balaban J connectivity index is 2.20. The molecule has 0 bridgehead atoms. The van der Waals surface area contributed by atoms with Crippen LogP contribution in [0.2, 0.25) is 0 Å². The molecule has 0 aliphatic rings. The Bertz CT molecular complexity index is 828. The highest BCUT2D eigenvalue weighted by molar-refractivity contribution is 5.90. The Morgan fingerprint density at radius 2 is 2.15 bits per heavy atom. The van der Waals surface area contributed by atoms with Crippen molar-refractivity contribution in [2.24, 2.45) is 0 Å². The monoisotopic (exact) mass is 272 g/mol. The van der Waals surface area contributed by atoms with E-state index < -0.39 is 11.8 Å². The number of rotatable bonds is 2. The molecule has 0 fully saturated rings. The highest BCUT2D eigenvalue weighted by atomic mass is 19.1. The van der Waals surface area contributed by atoms with E-state index in [-0.39, 0.29) is 17.1 Å². The van der Waals surface area contributed by atoms with Gasteiger partial charge in [0.05, 0.1) is 5.56 Å². The number of pyridine rings is 1. The number of nitrogen functional groups attached to an aromatic ring is 1. The van der Waals surface area contributed by atoms with E-state index >= 15 is 0 Å². The number of carbonyl (C=O) groups is 1. The number of aromatic nitrogens is 3. The summed E-state index contributed by atoms with van der Waals surface area (Å²) in [5.74, 6) is -1.98. The molecule has 0 unspecified atom stereocenters. The van der Waals surface area contributed by atoms with Crippen LogP contribution in [0, 0.1) is 5.82 Å². The van der Waals surface area contributed by atoms with Crippen molar-refractivity contribution in [3.8, 4) is 11.1 Å². The number of hydrogen-bond donors (Lipinski definition) is 2. The summed E-state index contributed by atoms with van der Waals surface area (Å²) in [6.45, 7) is 0. The number of benzene rings is 1. The molecule has 3 aromatic rings. The molecule has 20 heavy (non-hydrogen) atoms. The molecule has 0 amide bonds. The second-order valence-electron chi connectivity index (χ2n) is 4.16. The lowest BCUT2D eigenvalue weighted by Crippen LogP contribution is -2.01. The van der Waals surface area contributed by atoms with E-state index in [1.807, 2.05) is 0 Å². The maximum Gasteiger partial charge on any atom is 0.338 e. The van der Waals surface area contributed by atoms with E-state index in [1.54, 1.807) is 18.3 Å². The van der Waals surface area contributed by atoms with E-state index in [1.165, 1.54) is 22.7 Å². The summed E-state index contributed by atoms with van der Waals surface area (Å²) >= 11 is 0. The van der Waals surface area contributed by atoms with Gasteiger partial charge in [0.1, 0.15) is 5.82 Å². The number of carboxylic acid groups (broad SMARTS) is 1. The van der Waals surface area contributed by atoms with Gasteiger partial charge >= 0.3 is 5.97 Å². The number of fused-ring (bicyclic) bond motifs is 1. The van der Waals surface area contributed by atoms with Crippen LogP contribution >= 0.6 is 0 Å². The molecule has 0 saturated carbocycles. The number of nitrogens with zero attached hydrogens (tertiary/aromatic N) is 3. The van der Waals surface area contributed by atoms with Gasteiger partial charge in [-0.05, 0) is 23.8 Å². The Morgan fingerprint density at radius 3 is 2.90 bits per heavy atom. The van der Waals surface area contributed by atoms with Crippen LogP contribution in [0.5, 0.6) is 0 Å². The minimum atomic E-state index is -1.31. The Labute approximate surface area is 112 Å². The molecule has 2 aromatic heterocycles. The predicted octanol–water partition coefficient (Wildman–Crippen LogP) is 1.82.